The summed E-state index contributed by atoms with van der Waals surface area (Å²) in [7, 11) is 0. The molecule has 24 heavy (non-hydrogen) atoms. The van der Waals surface area contributed by atoms with Crippen molar-refractivity contribution in [2.24, 2.45) is 0 Å². The van der Waals surface area contributed by atoms with E-state index in [4.69, 9.17) is 4.74 Å². The van der Waals surface area contributed by atoms with Gasteiger partial charge in [-0.2, -0.15) is 5.10 Å². The lowest BCUT2D eigenvalue weighted by Gasteiger charge is -2.12. The normalized spacial score (nSPS) is 14.6. The van der Waals surface area contributed by atoms with E-state index >= 15 is 0 Å². The number of aryl methyl sites for hydroxylation is 2. The van der Waals surface area contributed by atoms with E-state index < -0.39 is 0 Å². The molecule has 7 heteroatoms. The smallest absolute Gasteiger partial charge is 0.319 e. The second kappa shape index (κ2) is 7.33. The number of rotatable bonds is 5. The number of pyridine rings is 1. The zero-order valence-electron chi connectivity index (χ0n) is 14.1. The summed E-state index contributed by atoms with van der Waals surface area (Å²) < 4.78 is 5.83. The van der Waals surface area contributed by atoms with Crippen molar-refractivity contribution in [2.75, 3.05) is 5.32 Å². The molecule has 128 valence electrons. The number of aromatic amines is 1. The summed E-state index contributed by atoms with van der Waals surface area (Å²) in [5.41, 5.74) is 3.23. The average Bonchev–Trinajstić information content (AvgIpc) is 3.19. The number of ether oxygens (including phenoxy) is 1. The minimum Gasteiger partial charge on any atom is -0.474 e. The average molecular weight is 329 g/mol. The molecule has 1 fully saturated rings. The third kappa shape index (κ3) is 4.04. The maximum atomic E-state index is 12.0. The molecular formula is C17H23N5O2. The van der Waals surface area contributed by atoms with Gasteiger partial charge in [-0.1, -0.05) is 6.07 Å². The molecule has 7 nitrogen and oxygen atoms in total. The first-order valence-corrected chi connectivity index (χ1v) is 8.30. The molecule has 0 bridgehead atoms. The SMILES string of the molecule is Cc1n[nH]c(C)c1NC(=O)NCc1ccc(OC2CCCC2)nc1. The number of carbonyl (C=O) groups excluding carboxylic acids is 1. The number of aromatic nitrogens is 3. The molecule has 0 atom stereocenters. The Kier molecular flexibility index (Phi) is 4.98. The number of anilines is 1. The fourth-order valence-corrected chi connectivity index (χ4v) is 2.84. The third-order valence-corrected chi connectivity index (χ3v) is 4.21. The Morgan fingerprint density at radius 3 is 2.75 bits per heavy atom. The molecule has 1 aliphatic carbocycles. The van der Waals surface area contributed by atoms with Gasteiger partial charge >= 0.3 is 6.03 Å². The standard InChI is InChI=1S/C17H23N5O2/c1-11-16(12(2)22-21-11)20-17(23)19-10-13-7-8-15(18-9-13)24-14-5-3-4-6-14/h7-9,14H,3-6,10H2,1-2H3,(H,21,22)(H2,19,20,23). The molecule has 0 aromatic carbocycles. The van der Waals surface area contributed by atoms with Crippen molar-refractivity contribution in [3.63, 3.8) is 0 Å². The molecule has 0 aliphatic heterocycles. The van der Waals surface area contributed by atoms with E-state index in [1.54, 1.807) is 6.20 Å². The molecule has 2 aromatic heterocycles. The van der Waals surface area contributed by atoms with Crippen molar-refractivity contribution in [3.8, 4) is 5.88 Å². The highest BCUT2D eigenvalue weighted by atomic mass is 16.5. The first-order chi connectivity index (χ1) is 11.6. The molecule has 0 spiro atoms. The summed E-state index contributed by atoms with van der Waals surface area (Å²) in [5, 5.41) is 12.5. The van der Waals surface area contributed by atoms with Gasteiger partial charge in [-0.3, -0.25) is 5.10 Å². The molecule has 0 unspecified atom stereocenters. The van der Waals surface area contributed by atoms with Gasteiger partial charge in [0.05, 0.1) is 17.1 Å². The van der Waals surface area contributed by atoms with Gasteiger partial charge in [-0.05, 0) is 45.1 Å². The number of hydrogen-bond acceptors (Lipinski definition) is 4. The lowest BCUT2D eigenvalue weighted by atomic mass is 10.3. The Labute approximate surface area is 141 Å². The molecular weight excluding hydrogens is 306 g/mol. The van der Waals surface area contributed by atoms with Crippen LogP contribution in [-0.4, -0.2) is 27.3 Å². The van der Waals surface area contributed by atoms with Crippen molar-refractivity contribution in [2.45, 2.75) is 52.2 Å². The van der Waals surface area contributed by atoms with Crippen molar-refractivity contribution in [1.82, 2.24) is 20.5 Å². The van der Waals surface area contributed by atoms with Crippen LogP contribution in [0.2, 0.25) is 0 Å². The molecule has 3 rings (SSSR count). The Morgan fingerprint density at radius 1 is 1.33 bits per heavy atom. The van der Waals surface area contributed by atoms with Gasteiger partial charge in [0.2, 0.25) is 5.88 Å². The van der Waals surface area contributed by atoms with Crippen LogP contribution in [-0.2, 0) is 6.54 Å². The Bertz CT molecular complexity index is 670. The third-order valence-electron chi connectivity index (χ3n) is 4.21. The van der Waals surface area contributed by atoms with E-state index in [0.29, 0.717) is 24.2 Å². The number of carbonyl (C=O) groups is 1. The Balaban J connectivity index is 1.48. The van der Waals surface area contributed by atoms with Gasteiger partial charge < -0.3 is 15.4 Å². The Hall–Kier alpha value is -2.57. The fraction of sp³-hybridized carbons (Fsp3) is 0.471. The van der Waals surface area contributed by atoms with Crippen molar-refractivity contribution in [1.29, 1.82) is 0 Å². The highest BCUT2D eigenvalue weighted by Gasteiger charge is 2.16. The quantitative estimate of drug-likeness (QED) is 0.786. The van der Waals surface area contributed by atoms with Crippen LogP contribution in [0.15, 0.2) is 18.3 Å². The second-order valence-electron chi connectivity index (χ2n) is 6.15. The highest BCUT2D eigenvalue weighted by molar-refractivity contribution is 5.90. The molecule has 0 radical (unpaired) electrons. The molecule has 3 N–H and O–H groups in total. The lowest BCUT2D eigenvalue weighted by molar-refractivity contribution is 0.201. The van der Waals surface area contributed by atoms with Crippen LogP contribution in [0.3, 0.4) is 0 Å². The van der Waals surface area contributed by atoms with Crippen LogP contribution in [0.25, 0.3) is 0 Å². The molecule has 1 saturated carbocycles. The minimum atomic E-state index is -0.270. The van der Waals surface area contributed by atoms with E-state index in [9.17, 15) is 4.79 Å². The maximum absolute atomic E-state index is 12.0. The van der Waals surface area contributed by atoms with Gasteiger partial charge in [-0.15, -0.1) is 0 Å². The molecule has 2 amide bonds. The van der Waals surface area contributed by atoms with E-state index in [1.807, 2.05) is 26.0 Å². The first kappa shape index (κ1) is 16.3. The minimum absolute atomic E-state index is 0.270. The van der Waals surface area contributed by atoms with Crippen molar-refractivity contribution >= 4 is 11.7 Å². The number of urea groups is 1. The number of hydrogen-bond donors (Lipinski definition) is 3. The van der Waals surface area contributed by atoms with E-state index in [1.165, 1.54) is 12.8 Å². The number of nitrogens with one attached hydrogen (secondary N) is 3. The number of nitrogens with zero attached hydrogens (tertiary/aromatic N) is 2. The summed E-state index contributed by atoms with van der Waals surface area (Å²) in [6, 6.07) is 3.51. The Morgan fingerprint density at radius 2 is 2.12 bits per heavy atom. The number of amides is 2. The van der Waals surface area contributed by atoms with Gasteiger partial charge in [0.1, 0.15) is 6.10 Å². The topological polar surface area (TPSA) is 91.9 Å². The lowest BCUT2D eigenvalue weighted by Crippen LogP contribution is -2.28. The van der Waals surface area contributed by atoms with Gasteiger partial charge in [0, 0.05) is 18.8 Å². The largest absolute Gasteiger partial charge is 0.474 e. The van der Waals surface area contributed by atoms with Crippen molar-refractivity contribution in [3.05, 3.63) is 35.3 Å². The monoisotopic (exact) mass is 329 g/mol. The van der Waals surface area contributed by atoms with E-state index in [-0.39, 0.29) is 6.03 Å². The predicted octanol–water partition coefficient (Wildman–Crippen LogP) is 3.06. The van der Waals surface area contributed by atoms with E-state index in [0.717, 1.165) is 29.8 Å². The van der Waals surface area contributed by atoms with Crippen LogP contribution in [0, 0.1) is 13.8 Å². The predicted molar refractivity (Wildman–Crippen MR) is 91.0 cm³/mol. The highest BCUT2D eigenvalue weighted by Crippen LogP contribution is 2.22. The molecule has 2 aromatic rings. The summed E-state index contributed by atoms with van der Waals surface area (Å²) >= 11 is 0. The zero-order chi connectivity index (χ0) is 16.9. The summed E-state index contributed by atoms with van der Waals surface area (Å²) in [6.45, 7) is 4.10. The zero-order valence-corrected chi connectivity index (χ0v) is 14.1. The van der Waals surface area contributed by atoms with Crippen LogP contribution in [0.1, 0.15) is 42.6 Å². The summed E-state index contributed by atoms with van der Waals surface area (Å²) in [4.78, 5) is 16.3. The first-order valence-electron chi connectivity index (χ1n) is 8.30. The van der Waals surface area contributed by atoms with Crippen molar-refractivity contribution < 1.29 is 9.53 Å². The second-order valence-corrected chi connectivity index (χ2v) is 6.15. The summed E-state index contributed by atoms with van der Waals surface area (Å²) in [6.07, 6.45) is 6.72. The van der Waals surface area contributed by atoms with Crippen LogP contribution >= 0.6 is 0 Å². The fourth-order valence-electron chi connectivity index (χ4n) is 2.84. The van der Waals surface area contributed by atoms with Gasteiger partial charge in [0.25, 0.3) is 0 Å². The van der Waals surface area contributed by atoms with Crippen LogP contribution in [0.4, 0.5) is 10.5 Å². The van der Waals surface area contributed by atoms with Crippen LogP contribution < -0.4 is 15.4 Å². The van der Waals surface area contributed by atoms with Gasteiger partial charge in [-0.25, -0.2) is 9.78 Å². The van der Waals surface area contributed by atoms with E-state index in [2.05, 4.69) is 25.8 Å². The molecule has 0 saturated heterocycles. The summed E-state index contributed by atoms with van der Waals surface area (Å²) in [5.74, 6) is 0.653. The maximum Gasteiger partial charge on any atom is 0.319 e. The molecule has 2 heterocycles. The van der Waals surface area contributed by atoms with Gasteiger partial charge in [0.15, 0.2) is 0 Å². The molecule has 1 aliphatic rings. The number of H-pyrrole nitrogens is 1. The van der Waals surface area contributed by atoms with Crippen LogP contribution in [0.5, 0.6) is 5.88 Å².